The number of nitrogens with one attached hydrogen (secondary N) is 1. The summed E-state index contributed by atoms with van der Waals surface area (Å²) in [6.45, 7) is 13.4. The fourth-order valence-electron chi connectivity index (χ4n) is 3.77. The van der Waals surface area contributed by atoms with Gasteiger partial charge in [0.15, 0.2) is 0 Å². The third-order valence-electron chi connectivity index (χ3n) is 5.96. The molecule has 0 aliphatic carbocycles. The first-order valence-corrected chi connectivity index (χ1v) is 10.4. The Morgan fingerprint density at radius 1 is 1.07 bits per heavy atom. The molecule has 0 radical (unpaired) electrons. The minimum atomic E-state index is 0.130. The van der Waals surface area contributed by atoms with Gasteiger partial charge in [0, 0.05) is 51.2 Å². The Morgan fingerprint density at radius 3 is 2.26 bits per heavy atom. The molecule has 0 unspecified atom stereocenters. The van der Waals surface area contributed by atoms with Crippen molar-refractivity contribution in [2.45, 2.75) is 46.1 Å². The first kappa shape index (κ1) is 19.9. The van der Waals surface area contributed by atoms with Crippen LogP contribution >= 0.6 is 0 Å². The Morgan fingerprint density at radius 2 is 1.70 bits per heavy atom. The van der Waals surface area contributed by atoms with Crippen molar-refractivity contribution in [3.05, 3.63) is 12.4 Å². The molecular formula is C20H34N6O. The van der Waals surface area contributed by atoms with Crippen LogP contribution in [0.15, 0.2) is 12.4 Å². The SMILES string of the molecule is CC[C@@H](C)NC(=O)C1CCN(c2cnc(N3CCN(CC)CC3)nc2)CC1. The minimum absolute atomic E-state index is 0.130. The highest BCUT2D eigenvalue weighted by Gasteiger charge is 2.26. The first-order chi connectivity index (χ1) is 13.1. The zero-order valence-corrected chi connectivity index (χ0v) is 17.0. The van der Waals surface area contributed by atoms with E-state index in [1.165, 1.54) is 0 Å². The molecule has 0 aromatic carbocycles. The van der Waals surface area contributed by atoms with Crippen LogP contribution in [0.25, 0.3) is 0 Å². The van der Waals surface area contributed by atoms with E-state index in [0.29, 0.717) is 0 Å². The quantitative estimate of drug-likeness (QED) is 0.818. The number of aromatic nitrogens is 2. The van der Waals surface area contributed by atoms with Gasteiger partial charge in [-0.1, -0.05) is 13.8 Å². The van der Waals surface area contributed by atoms with Gasteiger partial charge in [0.1, 0.15) is 0 Å². The number of hydrogen-bond acceptors (Lipinski definition) is 6. The Balaban J connectivity index is 1.49. The van der Waals surface area contributed by atoms with Crippen molar-refractivity contribution in [3.8, 4) is 0 Å². The monoisotopic (exact) mass is 374 g/mol. The van der Waals surface area contributed by atoms with Gasteiger partial charge in [-0.2, -0.15) is 0 Å². The average molecular weight is 375 g/mol. The highest BCUT2D eigenvalue weighted by Crippen LogP contribution is 2.23. The molecule has 1 aromatic heterocycles. The Bertz CT molecular complexity index is 591. The molecule has 2 fully saturated rings. The lowest BCUT2D eigenvalue weighted by molar-refractivity contribution is -0.126. The largest absolute Gasteiger partial charge is 0.369 e. The lowest BCUT2D eigenvalue weighted by Crippen LogP contribution is -2.46. The molecule has 2 aliphatic heterocycles. The van der Waals surface area contributed by atoms with Crippen molar-refractivity contribution in [1.29, 1.82) is 0 Å². The molecule has 3 rings (SSSR count). The van der Waals surface area contributed by atoms with Crippen LogP contribution < -0.4 is 15.1 Å². The summed E-state index contributed by atoms with van der Waals surface area (Å²) in [5.41, 5.74) is 1.06. The maximum absolute atomic E-state index is 12.3. The fourth-order valence-corrected chi connectivity index (χ4v) is 3.77. The number of piperidine rings is 1. The standard InChI is InChI=1S/C20H34N6O/c1-4-16(3)23-19(27)17-6-8-25(9-7-17)18-14-21-20(22-15-18)26-12-10-24(5-2)11-13-26/h14-17H,4-13H2,1-3H3,(H,23,27)/t16-/m1/s1. The second-order valence-corrected chi connectivity index (χ2v) is 7.74. The van der Waals surface area contributed by atoms with Crippen molar-refractivity contribution < 1.29 is 4.79 Å². The van der Waals surface area contributed by atoms with E-state index < -0.39 is 0 Å². The van der Waals surface area contributed by atoms with Crippen molar-refractivity contribution in [1.82, 2.24) is 20.2 Å². The molecule has 7 nitrogen and oxygen atoms in total. The van der Waals surface area contributed by atoms with Gasteiger partial charge >= 0.3 is 0 Å². The maximum Gasteiger partial charge on any atom is 0.225 e. The van der Waals surface area contributed by atoms with E-state index in [4.69, 9.17) is 0 Å². The number of piperazine rings is 1. The average Bonchev–Trinajstić information content (AvgIpc) is 2.74. The summed E-state index contributed by atoms with van der Waals surface area (Å²) in [5.74, 6) is 1.17. The van der Waals surface area contributed by atoms with Crippen molar-refractivity contribution in [2.75, 3.05) is 55.6 Å². The molecule has 0 bridgehead atoms. The predicted molar refractivity (Wildman–Crippen MR) is 109 cm³/mol. The van der Waals surface area contributed by atoms with Crippen LogP contribution in [0.5, 0.6) is 0 Å². The van der Waals surface area contributed by atoms with Gasteiger partial charge in [-0.15, -0.1) is 0 Å². The summed E-state index contributed by atoms with van der Waals surface area (Å²) in [7, 11) is 0. The van der Waals surface area contributed by atoms with Crippen LogP contribution in [0, 0.1) is 5.92 Å². The molecule has 1 N–H and O–H groups in total. The molecule has 1 amide bonds. The van der Waals surface area contributed by atoms with Gasteiger partial charge in [-0.25, -0.2) is 9.97 Å². The molecule has 2 saturated heterocycles. The van der Waals surface area contributed by atoms with Crippen LogP contribution in [0.2, 0.25) is 0 Å². The normalized spacial score (nSPS) is 20.6. The van der Waals surface area contributed by atoms with E-state index >= 15 is 0 Å². The summed E-state index contributed by atoms with van der Waals surface area (Å²) < 4.78 is 0. The number of nitrogens with zero attached hydrogens (tertiary/aromatic N) is 5. The third kappa shape index (κ3) is 5.09. The van der Waals surface area contributed by atoms with Gasteiger partial charge in [0.25, 0.3) is 0 Å². The Kier molecular flexibility index (Phi) is 6.88. The smallest absolute Gasteiger partial charge is 0.225 e. The van der Waals surface area contributed by atoms with Crippen LogP contribution in [-0.2, 0) is 4.79 Å². The van der Waals surface area contributed by atoms with Crippen molar-refractivity contribution >= 4 is 17.5 Å². The van der Waals surface area contributed by atoms with E-state index in [1.807, 2.05) is 12.4 Å². The summed E-state index contributed by atoms with van der Waals surface area (Å²) in [5, 5.41) is 3.11. The molecule has 0 saturated carbocycles. The Hall–Kier alpha value is -1.89. The van der Waals surface area contributed by atoms with Gasteiger partial charge in [-0.3, -0.25) is 4.79 Å². The van der Waals surface area contributed by atoms with Crippen molar-refractivity contribution in [2.24, 2.45) is 5.92 Å². The number of hydrogen-bond donors (Lipinski definition) is 1. The molecule has 150 valence electrons. The van der Waals surface area contributed by atoms with E-state index in [9.17, 15) is 4.79 Å². The molecule has 2 aliphatic rings. The van der Waals surface area contributed by atoms with Gasteiger partial charge in [0.2, 0.25) is 11.9 Å². The van der Waals surface area contributed by atoms with Crippen LogP contribution in [0.3, 0.4) is 0 Å². The molecule has 27 heavy (non-hydrogen) atoms. The topological polar surface area (TPSA) is 64.6 Å². The fraction of sp³-hybridized carbons (Fsp3) is 0.750. The Labute approximate surface area is 163 Å². The summed E-state index contributed by atoms with van der Waals surface area (Å²) >= 11 is 0. The number of carbonyl (C=O) groups excluding carboxylic acids is 1. The molecule has 1 aromatic rings. The number of carbonyl (C=O) groups is 1. The highest BCUT2D eigenvalue weighted by molar-refractivity contribution is 5.79. The zero-order valence-electron chi connectivity index (χ0n) is 17.0. The van der Waals surface area contributed by atoms with Crippen LogP contribution in [-0.4, -0.2) is 72.6 Å². The second-order valence-electron chi connectivity index (χ2n) is 7.74. The number of anilines is 2. The molecule has 7 heteroatoms. The molecule has 1 atom stereocenters. The van der Waals surface area contributed by atoms with Gasteiger partial charge in [0.05, 0.1) is 18.1 Å². The predicted octanol–water partition coefficient (Wildman–Crippen LogP) is 1.75. The molecule has 0 spiro atoms. The first-order valence-electron chi connectivity index (χ1n) is 10.4. The van der Waals surface area contributed by atoms with E-state index in [-0.39, 0.29) is 17.9 Å². The number of rotatable bonds is 6. The third-order valence-corrected chi connectivity index (χ3v) is 5.96. The van der Waals surface area contributed by atoms with Gasteiger partial charge < -0.3 is 20.0 Å². The number of likely N-dealkylation sites (N-methyl/N-ethyl adjacent to an activating group) is 1. The lowest BCUT2D eigenvalue weighted by Gasteiger charge is -2.35. The van der Waals surface area contributed by atoms with E-state index in [2.05, 4.69) is 50.8 Å². The van der Waals surface area contributed by atoms with Gasteiger partial charge in [-0.05, 0) is 32.7 Å². The second kappa shape index (κ2) is 9.35. The van der Waals surface area contributed by atoms with E-state index in [0.717, 1.165) is 76.7 Å². The summed E-state index contributed by atoms with van der Waals surface area (Å²) in [4.78, 5) is 28.5. The number of amides is 1. The molecule has 3 heterocycles. The van der Waals surface area contributed by atoms with Crippen LogP contribution in [0.4, 0.5) is 11.6 Å². The zero-order chi connectivity index (χ0) is 19.2. The maximum atomic E-state index is 12.3. The van der Waals surface area contributed by atoms with Crippen LogP contribution in [0.1, 0.15) is 40.0 Å². The molecular weight excluding hydrogens is 340 g/mol. The highest BCUT2D eigenvalue weighted by atomic mass is 16.1. The lowest BCUT2D eigenvalue weighted by atomic mass is 9.95. The summed E-state index contributed by atoms with van der Waals surface area (Å²) in [6.07, 6.45) is 6.63. The summed E-state index contributed by atoms with van der Waals surface area (Å²) in [6, 6.07) is 0.260. The van der Waals surface area contributed by atoms with E-state index in [1.54, 1.807) is 0 Å². The van der Waals surface area contributed by atoms with Crippen molar-refractivity contribution in [3.63, 3.8) is 0 Å². The minimum Gasteiger partial charge on any atom is -0.369 e.